The first-order chi connectivity index (χ1) is 7.19. The van der Waals surface area contributed by atoms with Gasteiger partial charge in [-0.05, 0) is 25.0 Å². The summed E-state index contributed by atoms with van der Waals surface area (Å²) in [4.78, 5) is 15.5. The van der Waals surface area contributed by atoms with E-state index in [0.717, 1.165) is 17.3 Å². The first-order valence-electron chi connectivity index (χ1n) is 4.84. The maximum Gasteiger partial charge on any atom is 0.319 e. The van der Waals surface area contributed by atoms with E-state index in [-0.39, 0.29) is 14.0 Å². The monoisotopic (exact) mass is 225 g/mol. The van der Waals surface area contributed by atoms with Gasteiger partial charge in [-0.15, -0.1) is 0 Å². The number of carbonyl (C=O) groups excluding carboxylic acids is 1. The van der Waals surface area contributed by atoms with Gasteiger partial charge in [0.15, 0.2) is 0 Å². The molecule has 1 atom stereocenters. The molecule has 0 aliphatic rings. The smallest absolute Gasteiger partial charge is 0.319 e. The zero-order chi connectivity index (χ0) is 11.3. The Morgan fingerprint density at radius 3 is 2.93 bits per heavy atom. The van der Waals surface area contributed by atoms with Crippen LogP contribution in [0, 0.1) is 0 Å². The predicted molar refractivity (Wildman–Crippen MR) is 65.3 cm³/mol. The van der Waals surface area contributed by atoms with Gasteiger partial charge in [-0.3, -0.25) is 4.98 Å². The number of hydrogen-bond donors (Lipinski definition) is 2. The number of amides is 2. The van der Waals surface area contributed by atoms with Gasteiger partial charge >= 0.3 is 6.03 Å². The van der Waals surface area contributed by atoms with Crippen molar-refractivity contribution in [1.82, 2.24) is 10.3 Å². The van der Waals surface area contributed by atoms with Crippen LogP contribution < -0.4 is 16.1 Å². The maximum atomic E-state index is 11.2. The Balaban J connectivity index is 2.91. The van der Waals surface area contributed by atoms with Crippen molar-refractivity contribution in [3.63, 3.8) is 0 Å². The Kier molecular flexibility index (Phi) is 4.50. The number of aromatic nitrogens is 1. The fourth-order valence-corrected chi connectivity index (χ4v) is 2.24. The molecule has 82 valence electrons. The quantitative estimate of drug-likeness (QED) is 0.767. The van der Waals surface area contributed by atoms with E-state index in [9.17, 15) is 4.79 Å². The van der Waals surface area contributed by atoms with Crippen molar-refractivity contribution in [2.24, 2.45) is 0 Å². The molecule has 1 unspecified atom stereocenters. The van der Waals surface area contributed by atoms with E-state index in [2.05, 4.69) is 29.2 Å². The van der Waals surface area contributed by atoms with Crippen molar-refractivity contribution in [3.05, 3.63) is 18.3 Å². The predicted octanol–water partition coefficient (Wildman–Crippen LogP) is 1.59. The Bertz CT molecular complexity index is 343. The maximum absolute atomic E-state index is 11.2. The molecule has 0 bridgehead atoms. The van der Waals surface area contributed by atoms with Gasteiger partial charge in [0, 0.05) is 13.2 Å². The van der Waals surface area contributed by atoms with Gasteiger partial charge in [-0.1, -0.05) is 14.8 Å². The minimum atomic E-state index is -0.283. The van der Waals surface area contributed by atoms with Crippen molar-refractivity contribution in [2.45, 2.75) is 6.92 Å². The highest BCUT2D eigenvalue weighted by Gasteiger charge is 2.10. The molecule has 4 nitrogen and oxygen atoms in total. The Labute approximate surface area is 91.2 Å². The van der Waals surface area contributed by atoms with Crippen LogP contribution >= 0.6 is 7.92 Å². The average Bonchev–Trinajstić information content (AvgIpc) is 2.28. The molecule has 1 heterocycles. The zero-order valence-electron chi connectivity index (χ0n) is 9.24. The molecular weight excluding hydrogens is 209 g/mol. The van der Waals surface area contributed by atoms with E-state index < -0.39 is 0 Å². The lowest BCUT2D eigenvalue weighted by Gasteiger charge is -2.14. The summed E-state index contributed by atoms with van der Waals surface area (Å²) in [5.41, 5.74) is 1.81. The summed E-state index contributed by atoms with van der Waals surface area (Å²) in [5.74, 6) is 0. The number of nitrogens with one attached hydrogen (secondary N) is 2. The van der Waals surface area contributed by atoms with Gasteiger partial charge in [0.05, 0.1) is 11.1 Å². The minimum absolute atomic E-state index is 0.205. The third-order valence-corrected chi connectivity index (χ3v) is 4.13. The van der Waals surface area contributed by atoms with Crippen LogP contribution in [0.2, 0.25) is 0 Å². The lowest BCUT2D eigenvalue weighted by Crippen LogP contribution is -2.27. The fraction of sp³-hybridized carbons (Fsp3) is 0.400. The van der Waals surface area contributed by atoms with Crippen molar-refractivity contribution in [2.75, 3.05) is 25.2 Å². The van der Waals surface area contributed by atoms with E-state index in [0.29, 0.717) is 0 Å². The van der Waals surface area contributed by atoms with Crippen LogP contribution in [0.3, 0.4) is 0 Å². The van der Waals surface area contributed by atoms with E-state index in [1.54, 1.807) is 13.2 Å². The number of urea groups is 1. The highest BCUT2D eigenvalue weighted by atomic mass is 31.1. The van der Waals surface area contributed by atoms with Crippen molar-refractivity contribution < 1.29 is 4.79 Å². The second-order valence-corrected chi connectivity index (χ2v) is 5.54. The molecule has 0 fully saturated rings. The van der Waals surface area contributed by atoms with Crippen molar-refractivity contribution in [1.29, 1.82) is 0 Å². The van der Waals surface area contributed by atoms with Crippen LogP contribution in [0.25, 0.3) is 0 Å². The normalized spacial score (nSPS) is 11.9. The Morgan fingerprint density at radius 1 is 1.60 bits per heavy atom. The SMILES string of the molecule is CCP(C)c1ncccc1NC(=O)NC. The summed E-state index contributed by atoms with van der Waals surface area (Å²) in [6, 6.07) is 3.50. The molecule has 2 amide bonds. The lowest BCUT2D eigenvalue weighted by molar-refractivity contribution is 0.254. The highest BCUT2D eigenvalue weighted by molar-refractivity contribution is 7.64. The van der Waals surface area contributed by atoms with Crippen molar-refractivity contribution in [3.8, 4) is 0 Å². The number of pyridine rings is 1. The van der Waals surface area contributed by atoms with Crippen molar-refractivity contribution >= 4 is 25.1 Å². The number of rotatable bonds is 3. The highest BCUT2D eigenvalue weighted by Crippen LogP contribution is 2.30. The number of hydrogen-bond acceptors (Lipinski definition) is 2. The molecule has 0 saturated carbocycles. The molecule has 0 aliphatic heterocycles. The van der Waals surface area contributed by atoms with Gasteiger partial charge in [-0.25, -0.2) is 4.79 Å². The molecule has 0 aliphatic carbocycles. The second-order valence-electron chi connectivity index (χ2n) is 3.09. The van der Waals surface area contributed by atoms with Gasteiger partial charge in [0.25, 0.3) is 0 Å². The summed E-state index contributed by atoms with van der Waals surface area (Å²) in [7, 11) is 1.31. The van der Waals surface area contributed by atoms with Crippen LogP contribution in [0.1, 0.15) is 6.92 Å². The molecule has 0 aromatic carbocycles. The van der Waals surface area contributed by atoms with E-state index >= 15 is 0 Å². The molecule has 1 aromatic rings. The molecule has 1 rings (SSSR count). The topological polar surface area (TPSA) is 54.0 Å². The van der Waals surface area contributed by atoms with Gasteiger partial charge in [-0.2, -0.15) is 0 Å². The molecule has 0 spiro atoms. The lowest BCUT2D eigenvalue weighted by atomic mass is 10.4. The number of carbonyl (C=O) groups is 1. The van der Waals surface area contributed by atoms with Crippen LogP contribution in [-0.4, -0.2) is 30.9 Å². The molecule has 2 N–H and O–H groups in total. The minimum Gasteiger partial charge on any atom is -0.341 e. The molecule has 1 aromatic heterocycles. The Hall–Kier alpha value is -1.15. The van der Waals surface area contributed by atoms with Crippen LogP contribution in [0.4, 0.5) is 10.5 Å². The molecule has 0 radical (unpaired) electrons. The standard InChI is InChI=1S/C10H16N3OP/c1-4-15(3)9-8(6-5-7-12-9)13-10(14)11-2/h5-7H,4H2,1-3H3,(H2,11,13,14). The number of anilines is 1. The van der Waals surface area contributed by atoms with Crippen LogP contribution in [-0.2, 0) is 0 Å². The molecular formula is C10H16N3OP. The van der Waals surface area contributed by atoms with E-state index in [4.69, 9.17) is 0 Å². The summed E-state index contributed by atoms with van der Waals surface area (Å²) >= 11 is 0. The average molecular weight is 225 g/mol. The molecule has 15 heavy (non-hydrogen) atoms. The third-order valence-electron chi connectivity index (χ3n) is 2.10. The van der Waals surface area contributed by atoms with Gasteiger partial charge in [0.1, 0.15) is 0 Å². The van der Waals surface area contributed by atoms with Crippen LogP contribution in [0.15, 0.2) is 18.3 Å². The third kappa shape index (κ3) is 3.17. The fourth-order valence-electron chi connectivity index (χ4n) is 1.13. The summed E-state index contributed by atoms with van der Waals surface area (Å²) in [6.07, 6.45) is 2.83. The Morgan fingerprint density at radius 2 is 2.33 bits per heavy atom. The van der Waals surface area contributed by atoms with E-state index in [1.807, 2.05) is 12.1 Å². The zero-order valence-corrected chi connectivity index (χ0v) is 10.1. The molecule has 5 heteroatoms. The van der Waals surface area contributed by atoms with Gasteiger partial charge in [0.2, 0.25) is 0 Å². The molecule has 0 saturated heterocycles. The summed E-state index contributed by atoms with van der Waals surface area (Å²) < 4.78 is 0. The number of nitrogens with zero attached hydrogens (tertiary/aromatic N) is 1. The summed E-state index contributed by atoms with van der Waals surface area (Å²) in [5, 5.41) is 5.31. The summed E-state index contributed by atoms with van der Waals surface area (Å²) in [6.45, 7) is 4.29. The van der Waals surface area contributed by atoms with Crippen LogP contribution in [0.5, 0.6) is 0 Å². The second kappa shape index (κ2) is 5.66. The first-order valence-corrected chi connectivity index (χ1v) is 6.81. The largest absolute Gasteiger partial charge is 0.341 e. The first kappa shape index (κ1) is 11.9. The van der Waals surface area contributed by atoms with E-state index in [1.165, 1.54) is 0 Å². The van der Waals surface area contributed by atoms with Gasteiger partial charge < -0.3 is 10.6 Å².